The van der Waals surface area contributed by atoms with E-state index in [-0.39, 0.29) is 18.7 Å². The Morgan fingerprint density at radius 3 is 2.35 bits per heavy atom. The Morgan fingerprint density at radius 1 is 1.41 bits per heavy atom. The van der Waals surface area contributed by atoms with Crippen LogP contribution in [0.1, 0.15) is 13.8 Å². The minimum absolute atomic E-state index is 0.146. The molecule has 0 aliphatic rings. The molecule has 100 valence electrons. The van der Waals surface area contributed by atoms with E-state index in [0.29, 0.717) is 5.57 Å². The highest BCUT2D eigenvalue weighted by atomic mass is 28.4. The smallest absolute Gasteiger partial charge is 0.333 e. The van der Waals surface area contributed by atoms with Crippen LogP contribution in [0.15, 0.2) is 12.2 Å². The highest BCUT2D eigenvalue weighted by Crippen LogP contribution is 2.12. The van der Waals surface area contributed by atoms with Gasteiger partial charge in [-0.15, -0.1) is 0 Å². The quantitative estimate of drug-likeness (QED) is 0.406. The topological polar surface area (TPSA) is 44.8 Å². The molecule has 0 aromatic heterocycles. The van der Waals surface area contributed by atoms with E-state index in [4.69, 9.17) is 13.3 Å². The molecule has 0 N–H and O–H groups in total. The Hall–Kier alpha value is -0.436. The Kier molecular flexibility index (Phi) is 6.92. The summed E-state index contributed by atoms with van der Waals surface area (Å²) >= 11 is 0. The van der Waals surface area contributed by atoms with Crippen molar-refractivity contribution in [1.29, 1.82) is 0 Å². The van der Waals surface area contributed by atoms with Crippen molar-refractivity contribution in [2.24, 2.45) is 0 Å². The van der Waals surface area contributed by atoms with Gasteiger partial charge in [0.25, 0.3) is 0 Å². The van der Waals surface area contributed by atoms with Crippen molar-refractivity contribution in [2.75, 3.05) is 6.61 Å². The number of ether oxygens (including phenoxy) is 1. The van der Waals surface area contributed by atoms with Gasteiger partial charge in [-0.1, -0.05) is 6.58 Å². The van der Waals surface area contributed by atoms with Gasteiger partial charge in [0, 0.05) is 5.57 Å². The first kappa shape index (κ1) is 16.6. The lowest BCUT2D eigenvalue weighted by Gasteiger charge is -2.28. The van der Waals surface area contributed by atoms with Gasteiger partial charge in [0.2, 0.25) is 0 Å². The van der Waals surface area contributed by atoms with Gasteiger partial charge in [0.15, 0.2) is 9.04 Å². The molecule has 17 heavy (non-hydrogen) atoms. The summed E-state index contributed by atoms with van der Waals surface area (Å²) < 4.78 is 16.7. The van der Waals surface area contributed by atoms with E-state index >= 15 is 0 Å². The summed E-state index contributed by atoms with van der Waals surface area (Å²) in [5.41, 5.74) is 0.402. The summed E-state index contributed by atoms with van der Waals surface area (Å²) in [5.74, 6) is -0.376. The van der Waals surface area contributed by atoms with Crippen LogP contribution in [0.5, 0.6) is 0 Å². The highest BCUT2D eigenvalue weighted by Gasteiger charge is 2.28. The molecule has 1 unspecified atom stereocenters. The molecule has 0 aromatic rings. The summed E-state index contributed by atoms with van der Waals surface area (Å²) in [4.78, 5) is 11.2. The second-order valence-corrected chi connectivity index (χ2v) is 10.9. The molecule has 0 aromatic carbocycles. The van der Waals surface area contributed by atoms with Gasteiger partial charge < -0.3 is 13.3 Å². The molecule has 0 fully saturated rings. The van der Waals surface area contributed by atoms with Gasteiger partial charge in [-0.05, 0) is 40.0 Å². The average molecular weight is 276 g/mol. The van der Waals surface area contributed by atoms with Crippen molar-refractivity contribution in [3.8, 4) is 0 Å². The van der Waals surface area contributed by atoms with Gasteiger partial charge in [-0.2, -0.15) is 0 Å². The number of hydrogen-bond acceptors (Lipinski definition) is 4. The fourth-order valence-corrected chi connectivity index (χ4v) is 7.23. The normalized spacial score (nSPS) is 13.6. The van der Waals surface area contributed by atoms with Crippen LogP contribution in [0.25, 0.3) is 0 Å². The Balaban J connectivity index is 4.04. The van der Waals surface area contributed by atoms with Crippen LogP contribution < -0.4 is 0 Å². The minimum atomic E-state index is -2.08. The zero-order valence-corrected chi connectivity index (χ0v) is 13.9. The molecule has 0 aliphatic heterocycles. The van der Waals surface area contributed by atoms with Crippen molar-refractivity contribution >= 4 is 23.6 Å². The summed E-state index contributed by atoms with van der Waals surface area (Å²) in [6.45, 7) is 15.5. The van der Waals surface area contributed by atoms with Gasteiger partial charge in [0.05, 0.1) is 6.10 Å². The second-order valence-electron chi connectivity index (χ2n) is 4.87. The molecule has 0 saturated heterocycles. The van der Waals surface area contributed by atoms with E-state index in [1.165, 1.54) is 0 Å². The summed E-state index contributed by atoms with van der Waals surface area (Å²) in [6.07, 6.45) is -0.146. The van der Waals surface area contributed by atoms with Crippen molar-refractivity contribution in [1.82, 2.24) is 0 Å². The standard InChI is InChI=1S/C11H24O4Si2/c1-9(2)11(12)13-8-10(3)14-17(6,7)15-16(4)5/h10,16H,1,8H2,2-7H3. The van der Waals surface area contributed by atoms with Crippen LogP contribution in [-0.2, 0) is 18.1 Å². The highest BCUT2D eigenvalue weighted by molar-refractivity contribution is 6.72. The maximum Gasteiger partial charge on any atom is 0.333 e. The first-order valence-electron chi connectivity index (χ1n) is 5.82. The molecule has 6 heteroatoms. The minimum Gasteiger partial charge on any atom is -0.460 e. The summed E-state index contributed by atoms with van der Waals surface area (Å²) in [7, 11) is -3.18. The van der Waals surface area contributed by atoms with Crippen molar-refractivity contribution in [3.63, 3.8) is 0 Å². The Bertz CT molecular complexity index is 277. The molecule has 0 radical (unpaired) electrons. The van der Waals surface area contributed by atoms with Crippen molar-refractivity contribution in [2.45, 2.75) is 46.1 Å². The van der Waals surface area contributed by atoms with E-state index in [0.717, 1.165) is 0 Å². The van der Waals surface area contributed by atoms with Crippen LogP contribution in [0.3, 0.4) is 0 Å². The molecule has 0 spiro atoms. The van der Waals surface area contributed by atoms with Crippen LogP contribution in [0.4, 0.5) is 0 Å². The van der Waals surface area contributed by atoms with E-state index < -0.39 is 17.6 Å². The predicted octanol–water partition coefficient (Wildman–Crippen LogP) is 2.21. The molecular formula is C11H24O4Si2. The Morgan fingerprint density at radius 2 is 1.94 bits per heavy atom. The lowest BCUT2D eigenvalue weighted by atomic mass is 10.3. The maximum absolute atomic E-state index is 11.2. The fourth-order valence-electron chi connectivity index (χ4n) is 1.43. The SMILES string of the molecule is C=C(C)C(=O)OCC(C)O[Si](C)(C)O[SiH](C)C. The van der Waals surface area contributed by atoms with E-state index in [1.54, 1.807) is 6.92 Å². The van der Waals surface area contributed by atoms with E-state index in [9.17, 15) is 4.79 Å². The molecular weight excluding hydrogens is 252 g/mol. The first-order valence-corrected chi connectivity index (χ1v) is 11.4. The van der Waals surface area contributed by atoms with Crippen LogP contribution in [0.2, 0.25) is 26.2 Å². The van der Waals surface area contributed by atoms with Crippen LogP contribution >= 0.6 is 0 Å². The molecule has 0 bridgehead atoms. The van der Waals surface area contributed by atoms with E-state index in [1.807, 2.05) is 20.0 Å². The summed E-state index contributed by atoms with van der Waals surface area (Å²) in [6, 6.07) is 0. The van der Waals surface area contributed by atoms with Crippen molar-refractivity contribution in [3.05, 3.63) is 12.2 Å². The number of carbonyl (C=O) groups excluding carboxylic acids is 1. The molecule has 0 heterocycles. The molecule has 0 aliphatic carbocycles. The molecule has 0 amide bonds. The third kappa shape index (κ3) is 8.31. The third-order valence-electron chi connectivity index (χ3n) is 1.80. The Labute approximate surface area is 107 Å². The predicted molar refractivity (Wildman–Crippen MR) is 73.8 cm³/mol. The number of carbonyl (C=O) groups is 1. The molecule has 0 saturated carbocycles. The largest absolute Gasteiger partial charge is 0.460 e. The first-order chi connectivity index (χ1) is 7.64. The number of rotatable bonds is 7. The van der Waals surface area contributed by atoms with Crippen molar-refractivity contribution < 1.29 is 18.1 Å². The van der Waals surface area contributed by atoms with Gasteiger partial charge in [0.1, 0.15) is 6.61 Å². The molecule has 0 rings (SSSR count). The zero-order valence-electron chi connectivity index (χ0n) is 11.7. The average Bonchev–Trinajstić information content (AvgIpc) is 2.10. The maximum atomic E-state index is 11.2. The zero-order chi connectivity index (χ0) is 13.6. The lowest BCUT2D eigenvalue weighted by Crippen LogP contribution is -2.42. The molecule has 4 nitrogen and oxygen atoms in total. The van der Waals surface area contributed by atoms with Crippen LogP contribution in [-0.4, -0.2) is 36.3 Å². The third-order valence-corrected chi connectivity index (χ3v) is 6.93. The molecule has 1 atom stereocenters. The van der Waals surface area contributed by atoms with Gasteiger partial charge in [-0.3, -0.25) is 0 Å². The fraction of sp³-hybridized carbons (Fsp3) is 0.727. The number of esters is 1. The second kappa shape index (κ2) is 7.10. The summed E-state index contributed by atoms with van der Waals surface area (Å²) in [5, 5.41) is 0. The number of hydrogen-bond donors (Lipinski definition) is 0. The lowest BCUT2D eigenvalue weighted by molar-refractivity contribution is -0.141. The van der Waals surface area contributed by atoms with Gasteiger partial charge >= 0.3 is 14.5 Å². The van der Waals surface area contributed by atoms with Crippen LogP contribution in [0, 0.1) is 0 Å². The van der Waals surface area contributed by atoms with E-state index in [2.05, 4.69) is 19.7 Å². The monoisotopic (exact) mass is 276 g/mol. The van der Waals surface area contributed by atoms with Gasteiger partial charge in [-0.25, -0.2) is 4.79 Å².